The van der Waals surface area contributed by atoms with Gasteiger partial charge in [-0.15, -0.1) is 0 Å². The Hall–Kier alpha value is -0.940. The molecule has 0 radical (unpaired) electrons. The number of hydrogen-bond acceptors (Lipinski definition) is 2. The molecule has 5 heteroatoms. The van der Waals surface area contributed by atoms with Crippen molar-refractivity contribution >= 4 is 27.5 Å². The highest BCUT2D eigenvalue weighted by atomic mass is 79.9. The normalized spacial score (nSPS) is 11.7. The molecular weight excluding hydrogens is 359 g/mol. The van der Waals surface area contributed by atoms with Crippen molar-refractivity contribution < 1.29 is 14.6 Å². The molecule has 0 bridgehead atoms. The molecule has 2 aromatic rings. The molecule has 0 aromatic heterocycles. The van der Waals surface area contributed by atoms with Gasteiger partial charge in [0, 0.05) is 14.9 Å². The second-order valence-corrected chi connectivity index (χ2v) is 6.34. The maximum atomic E-state index is 13.1. The number of benzene rings is 2. The molecule has 0 unspecified atom stereocenters. The molecule has 0 aliphatic carbocycles. The van der Waals surface area contributed by atoms with Crippen molar-refractivity contribution in [2.75, 3.05) is 13.2 Å². The summed E-state index contributed by atoms with van der Waals surface area (Å²) in [6.07, 6.45) is 0.315. The van der Waals surface area contributed by atoms with E-state index in [4.69, 9.17) is 11.6 Å². The van der Waals surface area contributed by atoms with Gasteiger partial charge in [0.05, 0.1) is 13.2 Å². The monoisotopic (exact) mass is 372 g/mol. The van der Waals surface area contributed by atoms with Crippen LogP contribution in [-0.2, 0) is 11.8 Å². The molecule has 0 saturated heterocycles. The second-order valence-electron chi connectivity index (χ2n) is 5.02. The number of rotatable bonds is 5. The summed E-state index contributed by atoms with van der Waals surface area (Å²) >= 11 is 9.44. The molecular formula is C16H15BrClFO2. The number of halogens is 3. The van der Waals surface area contributed by atoms with Crippen molar-refractivity contribution in [1.82, 2.24) is 0 Å². The zero-order valence-corrected chi connectivity index (χ0v) is 13.5. The highest BCUT2D eigenvalue weighted by Crippen LogP contribution is 2.32. The van der Waals surface area contributed by atoms with Gasteiger partial charge in [-0.05, 0) is 41.8 Å². The highest BCUT2D eigenvalue weighted by molar-refractivity contribution is 9.10. The molecule has 0 atom stereocenters. The van der Waals surface area contributed by atoms with Gasteiger partial charge < -0.3 is 10.2 Å². The first-order valence-corrected chi connectivity index (χ1v) is 7.59. The van der Waals surface area contributed by atoms with Crippen molar-refractivity contribution in [3.05, 3.63) is 68.9 Å². The molecule has 2 aromatic carbocycles. The molecule has 2 rings (SSSR count). The maximum Gasteiger partial charge on any atom is 0.124 e. The molecule has 0 aliphatic rings. The third kappa shape index (κ3) is 3.64. The molecule has 112 valence electrons. The topological polar surface area (TPSA) is 40.5 Å². The third-order valence-corrected chi connectivity index (χ3v) is 4.43. The van der Waals surface area contributed by atoms with E-state index in [1.165, 1.54) is 12.1 Å². The molecule has 0 amide bonds. The molecule has 0 spiro atoms. The lowest BCUT2D eigenvalue weighted by Gasteiger charge is -2.31. The van der Waals surface area contributed by atoms with Gasteiger partial charge in [0.15, 0.2) is 0 Å². The van der Waals surface area contributed by atoms with Crippen LogP contribution >= 0.6 is 27.5 Å². The van der Waals surface area contributed by atoms with Crippen LogP contribution in [0.2, 0.25) is 5.02 Å². The quantitative estimate of drug-likeness (QED) is 0.839. The molecule has 2 nitrogen and oxygen atoms in total. The van der Waals surface area contributed by atoms with Crippen LogP contribution < -0.4 is 0 Å². The molecule has 2 N–H and O–H groups in total. The summed E-state index contributed by atoms with van der Waals surface area (Å²) in [5, 5.41) is 20.0. The Labute approximate surface area is 136 Å². The van der Waals surface area contributed by atoms with Crippen molar-refractivity contribution in [3.63, 3.8) is 0 Å². The van der Waals surface area contributed by atoms with E-state index >= 15 is 0 Å². The van der Waals surface area contributed by atoms with Crippen LogP contribution in [0.3, 0.4) is 0 Å². The van der Waals surface area contributed by atoms with E-state index in [0.717, 1.165) is 10.0 Å². The Kier molecular flexibility index (Phi) is 5.38. The number of hydrogen-bond donors (Lipinski definition) is 2. The minimum absolute atomic E-state index is 0.242. The fourth-order valence-corrected chi connectivity index (χ4v) is 2.93. The lowest BCUT2D eigenvalue weighted by atomic mass is 9.77. The summed E-state index contributed by atoms with van der Waals surface area (Å²) in [5.41, 5.74) is 0.606. The van der Waals surface area contributed by atoms with Crippen LogP contribution in [0.4, 0.5) is 4.39 Å². The Morgan fingerprint density at radius 2 is 1.81 bits per heavy atom. The largest absolute Gasteiger partial charge is 0.395 e. The van der Waals surface area contributed by atoms with E-state index in [1.54, 1.807) is 6.07 Å². The Morgan fingerprint density at radius 1 is 1.10 bits per heavy atom. The van der Waals surface area contributed by atoms with Crippen LogP contribution in [-0.4, -0.2) is 23.4 Å². The summed E-state index contributed by atoms with van der Waals surface area (Å²) in [7, 11) is 0. The summed E-state index contributed by atoms with van der Waals surface area (Å²) in [5.74, 6) is -0.412. The minimum atomic E-state index is -0.870. The van der Waals surface area contributed by atoms with E-state index in [9.17, 15) is 14.6 Å². The standard InChI is InChI=1S/C16H15BrClFO2/c17-13-3-1-2-12(6-13)16(9-20,10-21)8-11-4-5-14(19)7-15(11)18/h1-7,20-21H,8-10H2. The van der Waals surface area contributed by atoms with Crippen molar-refractivity contribution in [2.24, 2.45) is 0 Å². The van der Waals surface area contributed by atoms with Gasteiger partial charge in [-0.1, -0.05) is 45.7 Å². The van der Waals surface area contributed by atoms with Gasteiger partial charge in [-0.25, -0.2) is 4.39 Å². The lowest BCUT2D eigenvalue weighted by Crippen LogP contribution is -2.37. The van der Waals surface area contributed by atoms with Gasteiger partial charge in [-0.2, -0.15) is 0 Å². The summed E-state index contributed by atoms with van der Waals surface area (Å²) in [6, 6.07) is 11.5. The summed E-state index contributed by atoms with van der Waals surface area (Å²) in [4.78, 5) is 0. The minimum Gasteiger partial charge on any atom is -0.395 e. The van der Waals surface area contributed by atoms with E-state index in [1.807, 2.05) is 24.3 Å². The van der Waals surface area contributed by atoms with E-state index in [2.05, 4.69) is 15.9 Å². The number of aliphatic hydroxyl groups is 2. The van der Waals surface area contributed by atoms with E-state index < -0.39 is 11.2 Å². The lowest BCUT2D eigenvalue weighted by molar-refractivity contribution is 0.116. The van der Waals surface area contributed by atoms with Crippen molar-refractivity contribution in [3.8, 4) is 0 Å². The molecule has 0 saturated carbocycles. The smallest absolute Gasteiger partial charge is 0.124 e. The van der Waals surface area contributed by atoms with E-state index in [-0.39, 0.29) is 18.2 Å². The van der Waals surface area contributed by atoms with Gasteiger partial charge >= 0.3 is 0 Å². The first kappa shape index (κ1) is 16.4. The Bertz CT molecular complexity index is 629. The first-order valence-electron chi connectivity index (χ1n) is 6.42. The maximum absolute atomic E-state index is 13.1. The fraction of sp³-hybridized carbons (Fsp3) is 0.250. The van der Waals surface area contributed by atoms with Crippen LogP contribution in [0.25, 0.3) is 0 Å². The van der Waals surface area contributed by atoms with Gasteiger partial charge in [0.2, 0.25) is 0 Å². The first-order chi connectivity index (χ1) is 10.0. The zero-order chi connectivity index (χ0) is 15.5. The highest BCUT2D eigenvalue weighted by Gasteiger charge is 2.32. The van der Waals surface area contributed by atoms with Gasteiger partial charge in [0.25, 0.3) is 0 Å². The average molecular weight is 374 g/mol. The average Bonchev–Trinajstić information content (AvgIpc) is 2.47. The second kappa shape index (κ2) is 6.88. The van der Waals surface area contributed by atoms with Crippen LogP contribution in [0.1, 0.15) is 11.1 Å². The summed E-state index contributed by atoms with van der Waals surface area (Å²) < 4.78 is 14.0. The molecule has 0 aliphatic heterocycles. The zero-order valence-electron chi connectivity index (χ0n) is 11.2. The third-order valence-electron chi connectivity index (χ3n) is 3.59. The van der Waals surface area contributed by atoms with E-state index in [0.29, 0.717) is 12.0 Å². The number of aliphatic hydroxyl groups excluding tert-OH is 2. The van der Waals surface area contributed by atoms with Crippen LogP contribution in [0.15, 0.2) is 46.9 Å². The SMILES string of the molecule is OCC(CO)(Cc1ccc(F)cc1Cl)c1cccc(Br)c1. The van der Waals surface area contributed by atoms with Crippen molar-refractivity contribution in [1.29, 1.82) is 0 Å². The predicted molar refractivity (Wildman–Crippen MR) is 85.1 cm³/mol. The molecule has 0 heterocycles. The summed E-state index contributed by atoms with van der Waals surface area (Å²) in [6.45, 7) is -0.485. The van der Waals surface area contributed by atoms with Crippen LogP contribution in [0, 0.1) is 5.82 Å². The van der Waals surface area contributed by atoms with Gasteiger partial charge in [0.1, 0.15) is 5.82 Å². The van der Waals surface area contributed by atoms with Gasteiger partial charge in [-0.3, -0.25) is 0 Å². The van der Waals surface area contributed by atoms with Crippen LogP contribution in [0.5, 0.6) is 0 Å². The fourth-order valence-electron chi connectivity index (χ4n) is 2.29. The Balaban J connectivity index is 2.43. The predicted octanol–water partition coefficient (Wildman–Crippen LogP) is 3.71. The Morgan fingerprint density at radius 3 is 2.38 bits per heavy atom. The molecule has 0 fully saturated rings. The molecule has 21 heavy (non-hydrogen) atoms. The van der Waals surface area contributed by atoms with Crippen molar-refractivity contribution in [2.45, 2.75) is 11.8 Å².